The number of hydrogen-bond acceptors (Lipinski definition) is 2. The van der Waals surface area contributed by atoms with Gasteiger partial charge in [0.15, 0.2) is 0 Å². The number of anilines is 1. The van der Waals surface area contributed by atoms with Crippen molar-refractivity contribution in [2.75, 3.05) is 18.5 Å². The van der Waals surface area contributed by atoms with Crippen molar-refractivity contribution >= 4 is 5.69 Å². The molecule has 2 nitrogen and oxygen atoms in total. The molecule has 0 heterocycles. The lowest BCUT2D eigenvalue weighted by atomic mass is 10.1. The van der Waals surface area contributed by atoms with E-state index in [0.29, 0.717) is 5.56 Å². The van der Waals surface area contributed by atoms with Gasteiger partial charge in [0, 0.05) is 24.8 Å². The number of nitrogens with zero attached hydrogens (tertiary/aromatic N) is 1. The molecule has 1 aromatic carbocycles. The number of allylic oxidation sites excluding steroid dienone is 1. The lowest BCUT2D eigenvalue weighted by molar-refractivity contribution is 0.199. The Morgan fingerprint density at radius 3 is 2.82 bits per heavy atom. The third-order valence-corrected chi connectivity index (χ3v) is 2.75. The highest BCUT2D eigenvalue weighted by atomic mass is 19.1. The van der Waals surface area contributed by atoms with Crippen LogP contribution >= 0.6 is 0 Å². The summed E-state index contributed by atoms with van der Waals surface area (Å²) in [5.41, 5.74) is 1.51. The van der Waals surface area contributed by atoms with Gasteiger partial charge in [-0.2, -0.15) is 0 Å². The third-order valence-electron chi connectivity index (χ3n) is 2.75. The van der Waals surface area contributed by atoms with Crippen molar-refractivity contribution in [2.24, 2.45) is 0 Å². The molecule has 0 saturated carbocycles. The van der Waals surface area contributed by atoms with Gasteiger partial charge in [0.25, 0.3) is 0 Å². The van der Waals surface area contributed by atoms with E-state index in [2.05, 4.69) is 6.58 Å². The fraction of sp³-hybridized carbons (Fsp3) is 0.429. The summed E-state index contributed by atoms with van der Waals surface area (Å²) in [5, 5.41) is 9.64. The molecule has 0 radical (unpaired) electrons. The van der Waals surface area contributed by atoms with Crippen LogP contribution in [0.3, 0.4) is 0 Å². The molecule has 1 rings (SSSR count). The topological polar surface area (TPSA) is 23.5 Å². The van der Waals surface area contributed by atoms with Gasteiger partial charge in [-0.1, -0.05) is 6.08 Å². The van der Waals surface area contributed by atoms with Gasteiger partial charge in [-0.25, -0.2) is 4.39 Å². The second-order valence-corrected chi connectivity index (χ2v) is 4.23. The van der Waals surface area contributed by atoms with Crippen molar-refractivity contribution in [3.05, 3.63) is 42.2 Å². The number of hydrogen-bond donors (Lipinski definition) is 1. The molecule has 1 N–H and O–H groups in total. The van der Waals surface area contributed by atoms with Crippen LogP contribution in [0.2, 0.25) is 0 Å². The minimum atomic E-state index is -0.664. The predicted octanol–water partition coefficient (Wildman–Crippen LogP) is 3.28. The van der Waals surface area contributed by atoms with E-state index >= 15 is 0 Å². The number of halogens is 1. The summed E-state index contributed by atoms with van der Waals surface area (Å²) >= 11 is 0. The molecule has 94 valence electrons. The fourth-order valence-electron chi connectivity index (χ4n) is 1.80. The average molecular weight is 237 g/mol. The first-order valence-electron chi connectivity index (χ1n) is 5.85. The maximum atomic E-state index is 13.1. The van der Waals surface area contributed by atoms with Gasteiger partial charge in [0.2, 0.25) is 0 Å². The Balaban J connectivity index is 2.84. The molecule has 0 spiro atoms. The fourth-order valence-corrected chi connectivity index (χ4v) is 1.80. The zero-order chi connectivity index (χ0) is 12.8. The maximum absolute atomic E-state index is 13.1. The summed E-state index contributed by atoms with van der Waals surface area (Å²) in [7, 11) is 1.95. The van der Waals surface area contributed by atoms with Gasteiger partial charge in [-0.3, -0.25) is 0 Å². The van der Waals surface area contributed by atoms with Gasteiger partial charge >= 0.3 is 0 Å². The van der Waals surface area contributed by atoms with E-state index in [0.717, 1.165) is 25.1 Å². The van der Waals surface area contributed by atoms with Crippen molar-refractivity contribution in [2.45, 2.75) is 25.9 Å². The average Bonchev–Trinajstić information content (AvgIpc) is 2.29. The van der Waals surface area contributed by atoms with Crippen LogP contribution < -0.4 is 4.90 Å². The van der Waals surface area contributed by atoms with Gasteiger partial charge in [0.05, 0.1) is 6.10 Å². The Kier molecular flexibility index (Phi) is 5.16. The largest absolute Gasteiger partial charge is 0.389 e. The van der Waals surface area contributed by atoms with E-state index in [9.17, 15) is 9.50 Å². The quantitative estimate of drug-likeness (QED) is 0.606. The molecule has 0 unspecified atom stereocenters. The van der Waals surface area contributed by atoms with Crippen LogP contribution in [-0.2, 0) is 0 Å². The molecule has 0 amide bonds. The van der Waals surface area contributed by atoms with Crippen molar-refractivity contribution in [3.8, 4) is 0 Å². The molecule has 0 aliphatic rings. The van der Waals surface area contributed by atoms with E-state index in [1.54, 1.807) is 13.0 Å². The van der Waals surface area contributed by atoms with Gasteiger partial charge < -0.3 is 10.0 Å². The van der Waals surface area contributed by atoms with Crippen LogP contribution in [0, 0.1) is 5.82 Å². The van der Waals surface area contributed by atoms with Gasteiger partial charge in [-0.15, -0.1) is 6.58 Å². The number of rotatable bonds is 6. The van der Waals surface area contributed by atoms with E-state index in [-0.39, 0.29) is 5.82 Å². The lowest BCUT2D eigenvalue weighted by Crippen LogP contribution is -2.20. The summed E-state index contributed by atoms with van der Waals surface area (Å²) in [4.78, 5) is 2.03. The Bertz CT molecular complexity index is 376. The number of aliphatic hydroxyl groups is 1. The normalized spacial score (nSPS) is 12.2. The Labute approximate surface area is 102 Å². The molecule has 0 bridgehead atoms. The first-order valence-corrected chi connectivity index (χ1v) is 5.85. The Morgan fingerprint density at radius 1 is 1.53 bits per heavy atom. The molecule has 0 saturated heterocycles. The second kappa shape index (κ2) is 6.40. The minimum Gasteiger partial charge on any atom is -0.389 e. The molecule has 17 heavy (non-hydrogen) atoms. The van der Waals surface area contributed by atoms with Crippen LogP contribution in [0.4, 0.5) is 10.1 Å². The third kappa shape index (κ3) is 3.86. The molecule has 0 aliphatic heterocycles. The number of unbranched alkanes of at least 4 members (excludes halogenated alkanes) is 1. The summed E-state index contributed by atoms with van der Waals surface area (Å²) in [5.74, 6) is -0.316. The Hall–Kier alpha value is -1.35. The summed E-state index contributed by atoms with van der Waals surface area (Å²) < 4.78 is 13.1. The summed E-state index contributed by atoms with van der Waals surface area (Å²) in [6.07, 6.45) is 3.17. The molecule has 1 aromatic rings. The van der Waals surface area contributed by atoms with E-state index in [4.69, 9.17) is 0 Å². The van der Waals surface area contributed by atoms with Crippen LogP contribution in [0.5, 0.6) is 0 Å². The highest BCUT2D eigenvalue weighted by molar-refractivity contribution is 5.54. The Morgan fingerprint density at radius 2 is 2.24 bits per heavy atom. The highest BCUT2D eigenvalue weighted by Crippen LogP contribution is 2.26. The van der Waals surface area contributed by atoms with Crippen molar-refractivity contribution in [3.63, 3.8) is 0 Å². The smallest absolute Gasteiger partial charge is 0.123 e. The molecular formula is C14H20FNO. The molecule has 0 aliphatic carbocycles. The van der Waals surface area contributed by atoms with Crippen LogP contribution in [0.1, 0.15) is 31.4 Å². The predicted molar refractivity (Wildman–Crippen MR) is 69.7 cm³/mol. The monoisotopic (exact) mass is 237 g/mol. The lowest BCUT2D eigenvalue weighted by Gasteiger charge is -2.23. The van der Waals surface area contributed by atoms with E-state index < -0.39 is 6.10 Å². The second-order valence-electron chi connectivity index (χ2n) is 4.23. The van der Waals surface area contributed by atoms with Crippen LogP contribution in [-0.4, -0.2) is 18.7 Å². The minimum absolute atomic E-state index is 0.316. The standard InChI is InChI=1S/C14H20FNO/c1-4-5-6-9-16(3)14-8-7-12(15)10-13(14)11(2)17/h4,7-8,10-11,17H,1,5-6,9H2,2-3H3/t11-/m0/s1. The van der Waals surface area contributed by atoms with Crippen molar-refractivity contribution < 1.29 is 9.50 Å². The first-order chi connectivity index (χ1) is 8.06. The van der Waals surface area contributed by atoms with Crippen LogP contribution in [0.25, 0.3) is 0 Å². The van der Waals surface area contributed by atoms with Crippen LogP contribution in [0.15, 0.2) is 30.9 Å². The SMILES string of the molecule is C=CCCCN(C)c1ccc(F)cc1[C@H](C)O. The maximum Gasteiger partial charge on any atom is 0.123 e. The summed E-state index contributed by atoms with van der Waals surface area (Å²) in [6.45, 7) is 6.19. The number of aliphatic hydroxyl groups excluding tert-OH is 1. The molecule has 3 heteroatoms. The first kappa shape index (κ1) is 13.7. The van der Waals surface area contributed by atoms with Crippen molar-refractivity contribution in [1.29, 1.82) is 0 Å². The van der Waals surface area contributed by atoms with Gasteiger partial charge in [0.1, 0.15) is 5.82 Å². The molecule has 1 atom stereocenters. The van der Waals surface area contributed by atoms with E-state index in [1.807, 2.05) is 18.0 Å². The van der Waals surface area contributed by atoms with Gasteiger partial charge in [-0.05, 0) is 38.0 Å². The zero-order valence-corrected chi connectivity index (χ0v) is 10.5. The zero-order valence-electron chi connectivity index (χ0n) is 10.5. The molecule has 0 aromatic heterocycles. The number of benzene rings is 1. The summed E-state index contributed by atoms with van der Waals surface area (Å²) in [6, 6.07) is 4.53. The highest BCUT2D eigenvalue weighted by Gasteiger charge is 2.12. The van der Waals surface area contributed by atoms with E-state index in [1.165, 1.54) is 12.1 Å². The molecular weight excluding hydrogens is 217 g/mol. The molecule has 0 fully saturated rings. The van der Waals surface area contributed by atoms with Crippen molar-refractivity contribution in [1.82, 2.24) is 0 Å².